The van der Waals surface area contributed by atoms with Gasteiger partial charge in [-0.05, 0) is 55.9 Å². The van der Waals surface area contributed by atoms with E-state index in [1.165, 1.54) is 18.5 Å². The molecule has 2 aliphatic rings. The first-order valence-corrected chi connectivity index (χ1v) is 9.78. The summed E-state index contributed by atoms with van der Waals surface area (Å²) in [5, 5.41) is 6.74. The molecule has 0 saturated carbocycles. The monoisotopic (exact) mass is 370 g/mol. The molecule has 2 fully saturated rings. The van der Waals surface area contributed by atoms with Gasteiger partial charge in [-0.25, -0.2) is 0 Å². The average Bonchev–Trinajstić information content (AvgIpc) is 3.39. The molecule has 0 bridgehead atoms. The van der Waals surface area contributed by atoms with Gasteiger partial charge in [0.1, 0.15) is 0 Å². The summed E-state index contributed by atoms with van der Waals surface area (Å²) in [7, 11) is 0. The van der Waals surface area contributed by atoms with E-state index < -0.39 is 0 Å². The van der Waals surface area contributed by atoms with Gasteiger partial charge in [-0.1, -0.05) is 12.1 Å². The highest BCUT2D eigenvalue weighted by molar-refractivity contribution is 5.89. The van der Waals surface area contributed by atoms with Crippen LogP contribution in [0.3, 0.4) is 0 Å². The number of benzene rings is 1. The molecule has 1 atom stereocenters. The zero-order valence-electron chi connectivity index (χ0n) is 15.7. The molecule has 2 aromatic rings. The molecule has 0 spiro atoms. The lowest BCUT2D eigenvalue weighted by Crippen LogP contribution is -2.32. The number of rotatable bonds is 5. The maximum Gasteiger partial charge on any atom is 0.316 e. The van der Waals surface area contributed by atoms with Crippen molar-refractivity contribution in [2.75, 3.05) is 31.1 Å². The third-order valence-corrected chi connectivity index (χ3v) is 5.41. The van der Waals surface area contributed by atoms with E-state index in [4.69, 9.17) is 9.26 Å². The molecule has 0 aliphatic carbocycles. The van der Waals surface area contributed by atoms with E-state index in [1.807, 2.05) is 12.1 Å². The Morgan fingerprint density at radius 1 is 1.22 bits per heavy atom. The van der Waals surface area contributed by atoms with Gasteiger partial charge in [-0.2, -0.15) is 4.98 Å². The fraction of sp³-hybridized carbons (Fsp3) is 0.550. The first-order chi connectivity index (χ1) is 13.2. The van der Waals surface area contributed by atoms with E-state index in [1.54, 1.807) is 0 Å². The smallest absolute Gasteiger partial charge is 0.316 e. The summed E-state index contributed by atoms with van der Waals surface area (Å²) in [5.74, 6) is 0.862. The van der Waals surface area contributed by atoms with Crippen LogP contribution in [0.2, 0.25) is 0 Å². The Hall–Kier alpha value is -2.41. The van der Waals surface area contributed by atoms with Crippen molar-refractivity contribution in [3.8, 4) is 11.4 Å². The summed E-state index contributed by atoms with van der Waals surface area (Å²) in [5.41, 5.74) is 2.05. The van der Waals surface area contributed by atoms with Crippen molar-refractivity contribution >= 4 is 11.6 Å². The average molecular weight is 370 g/mol. The Bertz CT molecular complexity index is 760. The normalized spacial score (nSPS) is 20.8. The van der Waals surface area contributed by atoms with Gasteiger partial charge < -0.3 is 19.5 Å². The van der Waals surface area contributed by atoms with Crippen molar-refractivity contribution in [3.05, 3.63) is 30.2 Å². The van der Waals surface area contributed by atoms with Crippen molar-refractivity contribution in [1.82, 2.24) is 15.5 Å². The van der Waals surface area contributed by atoms with Crippen LogP contribution in [-0.4, -0.2) is 48.4 Å². The number of nitrogens with one attached hydrogen (secondary N) is 1. The number of nitrogens with zero attached hydrogens (tertiary/aromatic N) is 3. The predicted octanol–water partition coefficient (Wildman–Crippen LogP) is 2.88. The molecule has 1 amide bonds. The summed E-state index contributed by atoms with van der Waals surface area (Å²) >= 11 is 0. The maximum absolute atomic E-state index is 12.2. The van der Waals surface area contributed by atoms with Gasteiger partial charge in [0.25, 0.3) is 0 Å². The van der Waals surface area contributed by atoms with Gasteiger partial charge in [-0.3, -0.25) is 4.79 Å². The quantitative estimate of drug-likeness (QED) is 0.872. The first-order valence-electron chi connectivity index (χ1n) is 9.78. The molecule has 1 unspecified atom stereocenters. The van der Waals surface area contributed by atoms with Gasteiger partial charge in [0, 0.05) is 37.5 Å². The Morgan fingerprint density at radius 3 is 2.70 bits per heavy atom. The summed E-state index contributed by atoms with van der Waals surface area (Å²) in [4.78, 5) is 18.8. The van der Waals surface area contributed by atoms with Gasteiger partial charge in [0.2, 0.25) is 5.82 Å². The second-order valence-corrected chi connectivity index (χ2v) is 7.48. The molecule has 7 nitrogen and oxygen atoms in total. The molecule has 2 aliphatic heterocycles. The minimum atomic E-state index is -0.358. The summed E-state index contributed by atoms with van der Waals surface area (Å²) in [6.07, 6.45) is 4.56. The number of anilines is 1. The Kier molecular flexibility index (Phi) is 5.38. The number of carbonyl (C=O) groups is 1. The van der Waals surface area contributed by atoms with Crippen molar-refractivity contribution < 1.29 is 14.1 Å². The highest BCUT2D eigenvalue weighted by atomic mass is 16.5. The molecule has 1 aromatic carbocycles. The molecule has 1 N–H and O–H groups in total. The fourth-order valence-corrected chi connectivity index (χ4v) is 3.61. The molecule has 3 heterocycles. The van der Waals surface area contributed by atoms with Crippen LogP contribution in [0, 0.1) is 5.92 Å². The van der Waals surface area contributed by atoms with Crippen LogP contribution in [0.25, 0.3) is 11.4 Å². The van der Waals surface area contributed by atoms with E-state index in [9.17, 15) is 4.79 Å². The van der Waals surface area contributed by atoms with Crippen molar-refractivity contribution in [3.63, 3.8) is 0 Å². The second kappa shape index (κ2) is 8.08. The highest BCUT2D eigenvalue weighted by Crippen LogP contribution is 2.25. The molecule has 0 radical (unpaired) electrons. The number of aromatic nitrogens is 2. The molecule has 144 valence electrons. The Morgan fingerprint density at radius 2 is 2.00 bits per heavy atom. The van der Waals surface area contributed by atoms with E-state index >= 15 is 0 Å². The molecule has 7 heteroatoms. The van der Waals surface area contributed by atoms with Gasteiger partial charge >= 0.3 is 11.8 Å². The van der Waals surface area contributed by atoms with E-state index in [2.05, 4.69) is 39.4 Å². The summed E-state index contributed by atoms with van der Waals surface area (Å²) in [6.45, 7) is 5.73. The van der Waals surface area contributed by atoms with E-state index in [-0.39, 0.29) is 17.9 Å². The SMILES string of the molecule is CC1CCN(c2ccc(-c3noc(C(=O)NCC4CCCO4)n3)cc2)CC1. The number of hydrogen-bond acceptors (Lipinski definition) is 6. The van der Waals surface area contributed by atoms with Crippen LogP contribution in [-0.2, 0) is 4.74 Å². The molecule has 2 saturated heterocycles. The van der Waals surface area contributed by atoms with Crippen molar-refractivity contribution in [2.45, 2.75) is 38.7 Å². The van der Waals surface area contributed by atoms with Crippen LogP contribution < -0.4 is 10.2 Å². The minimum absolute atomic E-state index is 0.0166. The Balaban J connectivity index is 1.36. The van der Waals surface area contributed by atoms with Crippen LogP contribution in [0.15, 0.2) is 28.8 Å². The molecular weight excluding hydrogens is 344 g/mol. The number of hydrogen-bond donors (Lipinski definition) is 1. The number of piperidine rings is 1. The number of ether oxygens (including phenoxy) is 1. The lowest BCUT2D eigenvalue weighted by atomic mass is 9.98. The third kappa shape index (κ3) is 4.30. The van der Waals surface area contributed by atoms with Gasteiger partial charge in [0.05, 0.1) is 6.10 Å². The lowest BCUT2D eigenvalue weighted by Gasteiger charge is -2.32. The van der Waals surface area contributed by atoms with E-state index in [0.717, 1.165) is 44.0 Å². The van der Waals surface area contributed by atoms with Crippen LogP contribution in [0.4, 0.5) is 5.69 Å². The minimum Gasteiger partial charge on any atom is -0.376 e. The molecule has 27 heavy (non-hydrogen) atoms. The van der Waals surface area contributed by atoms with E-state index in [0.29, 0.717) is 12.4 Å². The van der Waals surface area contributed by atoms with Crippen LogP contribution >= 0.6 is 0 Å². The number of amides is 1. The standard InChI is InChI=1S/C20H26N4O3/c1-14-8-10-24(11-9-14)16-6-4-15(5-7-16)18-22-20(27-23-18)19(25)21-13-17-3-2-12-26-17/h4-7,14,17H,2-3,8-13H2,1H3,(H,21,25). The van der Waals surface area contributed by atoms with Crippen LogP contribution in [0.5, 0.6) is 0 Å². The zero-order valence-corrected chi connectivity index (χ0v) is 15.7. The predicted molar refractivity (Wildman–Crippen MR) is 102 cm³/mol. The molecule has 4 rings (SSSR count). The number of carbonyl (C=O) groups excluding carboxylic acids is 1. The van der Waals surface area contributed by atoms with Gasteiger partial charge in [-0.15, -0.1) is 0 Å². The third-order valence-electron chi connectivity index (χ3n) is 5.41. The maximum atomic E-state index is 12.2. The zero-order chi connectivity index (χ0) is 18.6. The molecule has 1 aromatic heterocycles. The van der Waals surface area contributed by atoms with Crippen molar-refractivity contribution in [1.29, 1.82) is 0 Å². The summed E-state index contributed by atoms with van der Waals surface area (Å²) < 4.78 is 10.6. The lowest BCUT2D eigenvalue weighted by molar-refractivity contribution is 0.0822. The summed E-state index contributed by atoms with van der Waals surface area (Å²) in [6, 6.07) is 8.12. The topological polar surface area (TPSA) is 80.5 Å². The Labute approximate surface area is 159 Å². The first kappa shape index (κ1) is 18.0. The van der Waals surface area contributed by atoms with Crippen molar-refractivity contribution in [2.24, 2.45) is 5.92 Å². The van der Waals surface area contributed by atoms with Gasteiger partial charge in [0.15, 0.2) is 0 Å². The molecular formula is C20H26N4O3. The fourth-order valence-electron chi connectivity index (χ4n) is 3.61. The second-order valence-electron chi connectivity index (χ2n) is 7.48. The van der Waals surface area contributed by atoms with Crippen LogP contribution in [0.1, 0.15) is 43.3 Å². The largest absolute Gasteiger partial charge is 0.376 e. The highest BCUT2D eigenvalue weighted by Gasteiger charge is 2.20.